The van der Waals surface area contributed by atoms with Gasteiger partial charge in [-0.3, -0.25) is 19.3 Å². The van der Waals surface area contributed by atoms with E-state index >= 15 is 0 Å². The highest BCUT2D eigenvalue weighted by Crippen LogP contribution is 2.22. The van der Waals surface area contributed by atoms with E-state index < -0.39 is 10.0 Å². The fourth-order valence-electron chi connectivity index (χ4n) is 3.28. The summed E-state index contributed by atoms with van der Waals surface area (Å²) in [6.45, 7) is 4.09. The van der Waals surface area contributed by atoms with Gasteiger partial charge in [-0.15, -0.1) is 0 Å². The molecule has 1 aliphatic heterocycles. The first-order valence-electron chi connectivity index (χ1n) is 9.99. The predicted octanol–water partition coefficient (Wildman–Crippen LogP) is 1.77. The van der Waals surface area contributed by atoms with Crippen molar-refractivity contribution in [2.45, 2.75) is 31.6 Å². The van der Waals surface area contributed by atoms with Crippen LogP contribution in [0.3, 0.4) is 0 Å². The molecular weight excluding hydrogens is 418 g/mol. The lowest BCUT2D eigenvalue weighted by atomic mass is 10.1. The highest BCUT2D eigenvalue weighted by Gasteiger charge is 2.34. The van der Waals surface area contributed by atoms with Crippen molar-refractivity contribution in [1.82, 2.24) is 14.9 Å². The van der Waals surface area contributed by atoms with Gasteiger partial charge in [0.15, 0.2) is 0 Å². The zero-order valence-corrected chi connectivity index (χ0v) is 18.3. The van der Waals surface area contributed by atoms with Gasteiger partial charge in [-0.1, -0.05) is 18.2 Å². The summed E-state index contributed by atoms with van der Waals surface area (Å²) in [4.78, 5) is 37.9. The van der Waals surface area contributed by atoms with Crippen LogP contribution in [-0.2, 0) is 14.8 Å². The molecule has 3 rings (SSSR count). The van der Waals surface area contributed by atoms with Gasteiger partial charge in [0.2, 0.25) is 15.9 Å². The van der Waals surface area contributed by atoms with E-state index in [0.29, 0.717) is 17.5 Å². The molecule has 0 spiro atoms. The summed E-state index contributed by atoms with van der Waals surface area (Å²) in [6, 6.07) is 11.5. The summed E-state index contributed by atoms with van der Waals surface area (Å²) in [5.41, 5.74) is 2.66. The summed E-state index contributed by atoms with van der Waals surface area (Å²) in [7, 11) is -3.65. The maximum absolute atomic E-state index is 12.3. The largest absolute Gasteiger partial charge is 0.355 e. The Morgan fingerprint density at radius 2 is 1.58 bits per heavy atom. The number of rotatable bonds is 9. The number of fused-ring (bicyclic) bond motifs is 1. The average molecular weight is 444 g/mol. The van der Waals surface area contributed by atoms with Crippen LogP contribution in [0.1, 0.15) is 44.7 Å². The van der Waals surface area contributed by atoms with Crippen molar-refractivity contribution in [1.29, 1.82) is 0 Å². The molecule has 3 amide bonds. The third-order valence-corrected chi connectivity index (χ3v) is 6.65. The lowest BCUT2D eigenvalue weighted by Crippen LogP contribution is -2.35. The number of carbonyl (C=O) groups is 3. The van der Waals surface area contributed by atoms with Crippen LogP contribution in [0.2, 0.25) is 0 Å². The van der Waals surface area contributed by atoms with Crippen molar-refractivity contribution in [3.05, 3.63) is 64.7 Å². The van der Waals surface area contributed by atoms with Crippen LogP contribution in [0.25, 0.3) is 0 Å². The quantitative estimate of drug-likeness (QED) is 0.453. The monoisotopic (exact) mass is 443 g/mol. The zero-order chi connectivity index (χ0) is 22.6. The molecule has 1 heterocycles. The van der Waals surface area contributed by atoms with Crippen LogP contribution in [-0.4, -0.2) is 50.7 Å². The number of nitrogens with one attached hydrogen (secondary N) is 2. The van der Waals surface area contributed by atoms with Crippen LogP contribution in [0, 0.1) is 13.8 Å². The molecule has 0 bridgehead atoms. The molecular formula is C22H25N3O5S. The Labute approximate surface area is 181 Å². The second kappa shape index (κ2) is 9.40. The molecule has 2 N–H and O–H groups in total. The molecule has 0 fully saturated rings. The number of carbonyl (C=O) groups excluding carboxylic acids is 3. The molecule has 0 aromatic heterocycles. The molecule has 0 saturated carbocycles. The molecule has 164 valence electrons. The van der Waals surface area contributed by atoms with E-state index in [2.05, 4.69) is 10.0 Å². The van der Waals surface area contributed by atoms with Crippen molar-refractivity contribution in [2.24, 2.45) is 0 Å². The second-order valence-electron chi connectivity index (χ2n) is 7.40. The van der Waals surface area contributed by atoms with E-state index in [1.807, 2.05) is 13.8 Å². The highest BCUT2D eigenvalue weighted by molar-refractivity contribution is 7.89. The molecule has 0 atom stereocenters. The first-order chi connectivity index (χ1) is 14.7. The topological polar surface area (TPSA) is 113 Å². The second-order valence-corrected chi connectivity index (χ2v) is 9.17. The lowest BCUT2D eigenvalue weighted by Gasteiger charge is -2.13. The SMILES string of the molecule is Cc1ccc(S(=O)(=O)NCCNC(=O)CCCN2C(=O)c3ccccc3C2=O)cc1C. The van der Waals surface area contributed by atoms with E-state index in [0.717, 1.165) is 16.0 Å². The Morgan fingerprint density at radius 3 is 2.19 bits per heavy atom. The molecule has 8 nitrogen and oxygen atoms in total. The van der Waals surface area contributed by atoms with E-state index in [9.17, 15) is 22.8 Å². The average Bonchev–Trinajstić information content (AvgIpc) is 2.98. The minimum atomic E-state index is -3.65. The van der Waals surface area contributed by atoms with Crippen LogP contribution in [0.4, 0.5) is 0 Å². The summed E-state index contributed by atoms with van der Waals surface area (Å²) >= 11 is 0. The Balaban J connectivity index is 1.39. The van der Waals surface area contributed by atoms with Crippen molar-refractivity contribution in [3.8, 4) is 0 Å². The van der Waals surface area contributed by atoms with Gasteiger partial charge < -0.3 is 5.32 Å². The van der Waals surface area contributed by atoms with Crippen molar-refractivity contribution >= 4 is 27.7 Å². The van der Waals surface area contributed by atoms with E-state index in [1.54, 1.807) is 42.5 Å². The first-order valence-corrected chi connectivity index (χ1v) is 11.5. The smallest absolute Gasteiger partial charge is 0.261 e. The number of amides is 3. The Kier molecular flexibility index (Phi) is 6.87. The van der Waals surface area contributed by atoms with Gasteiger partial charge in [-0.2, -0.15) is 0 Å². The number of hydrogen-bond donors (Lipinski definition) is 2. The maximum Gasteiger partial charge on any atom is 0.261 e. The molecule has 31 heavy (non-hydrogen) atoms. The zero-order valence-electron chi connectivity index (χ0n) is 17.5. The Hall–Kier alpha value is -3.04. The van der Waals surface area contributed by atoms with Gasteiger partial charge in [-0.25, -0.2) is 13.1 Å². The summed E-state index contributed by atoms with van der Waals surface area (Å²) in [5.74, 6) is -0.967. The molecule has 1 aliphatic rings. The summed E-state index contributed by atoms with van der Waals surface area (Å²) < 4.78 is 27.1. The number of imide groups is 1. The van der Waals surface area contributed by atoms with Gasteiger partial charge in [0, 0.05) is 26.1 Å². The van der Waals surface area contributed by atoms with Crippen LogP contribution >= 0.6 is 0 Å². The Morgan fingerprint density at radius 1 is 0.935 bits per heavy atom. The van der Waals surface area contributed by atoms with Gasteiger partial charge in [0.1, 0.15) is 0 Å². The highest BCUT2D eigenvalue weighted by atomic mass is 32.2. The predicted molar refractivity (Wildman–Crippen MR) is 115 cm³/mol. The van der Waals surface area contributed by atoms with Gasteiger partial charge in [-0.05, 0) is 55.7 Å². The van der Waals surface area contributed by atoms with Crippen molar-refractivity contribution < 1.29 is 22.8 Å². The van der Waals surface area contributed by atoms with E-state index in [4.69, 9.17) is 0 Å². The molecule has 0 radical (unpaired) electrons. The lowest BCUT2D eigenvalue weighted by molar-refractivity contribution is -0.121. The third kappa shape index (κ3) is 5.18. The van der Waals surface area contributed by atoms with Crippen molar-refractivity contribution in [2.75, 3.05) is 19.6 Å². The molecule has 0 unspecified atom stereocenters. The fourth-order valence-corrected chi connectivity index (χ4v) is 4.40. The molecule has 9 heteroatoms. The first kappa shape index (κ1) is 22.6. The van der Waals surface area contributed by atoms with Crippen LogP contribution in [0.5, 0.6) is 0 Å². The van der Waals surface area contributed by atoms with Gasteiger partial charge >= 0.3 is 0 Å². The fraction of sp³-hybridized carbons (Fsp3) is 0.318. The van der Waals surface area contributed by atoms with Gasteiger partial charge in [0.25, 0.3) is 11.8 Å². The number of nitrogens with zero attached hydrogens (tertiary/aromatic N) is 1. The van der Waals surface area contributed by atoms with E-state index in [1.165, 1.54) is 0 Å². The minimum Gasteiger partial charge on any atom is -0.355 e. The normalized spacial score (nSPS) is 13.4. The number of benzene rings is 2. The summed E-state index contributed by atoms with van der Waals surface area (Å²) in [6.07, 6.45) is 0.447. The van der Waals surface area contributed by atoms with Crippen LogP contribution in [0.15, 0.2) is 47.4 Å². The number of hydrogen-bond acceptors (Lipinski definition) is 5. The molecule has 0 saturated heterocycles. The van der Waals surface area contributed by atoms with Gasteiger partial charge in [0.05, 0.1) is 16.0 Å². The number of sulfonamides is 1. The molecule has 2 aromatic rings. The molecule has 2 aromatic carbocycles. The Bertz CT molecular complexity index is 1090. The maximum atomic E-state index is 12.3. The third-order valence-electron chi connectivity index (χ3n) is 5.19. The standard InChI is InChI=1S/C22H25N3O5S/c1-15-9-10-17(14-16(15)2)31(29,30)24-12-11-23-20(26)8-5-13-25-21(27)18-6-3-4-7-19(18)22(25)28/h3-4,6-7,9-10,14,24H,5,8,11-13H2,1-2H3,(H,23,26). The van der Waals surface area contributed by atoms with Crippen molar-refractivity contribution in [3.63, 3.8) is 0 Å². The van der Waals surface area contributed by atoms with Crippen LogP contribution < -0.4 is 10.0 Å². The van der Waals surface area contributed by atoms with E-state index in [-0.39, 0.29) is 48.7 Å². The summed E-state index contributed by atoms with van der Waals surface area (Å²) in [5, 5.41) is 2.64. The minimum absolute atomic E-state index is 0.0550. The number of aryl methyl sites for hydroxylation is 2. The molecule has 0 aliphatic carbocycles.